The third-order valence-corrected chi connectivity index (χ3v) is 4.73. The van der Waals surface area contributed by atoms with Gasteiger partial charge in [0.2, 0.25) is 0 Å². The van der Waals surface area contributed by atoms with Gasteiger partial charge in [0.1, 0.15) is 6.61 Å². The molecule has 1 atom stereocenters. The number of amides is 1. The number of imidazole rings is 1. The summed E-state index contributed by atoms with van der Waals surface area (Å²) in [4.78, 5) is 21.4. The van der Waals surface area contributed by atoms with Crippen LogP contribution in [0.15, 0.2) is 48.8 Å². The van der Waals surface area contributed by atoms with Crippen molar-refractivity contribution in [1.82, 2.24) is 9.97 Å². The Morgan fingerprint density at radius 3 is 2.92 bits per heavy atom. The van der Waals surface area contributed by atoms with Crippen LogP contribution in [-0.2, 0) is 15.9 Å². The van der Waals surface area contributed by atoms with Gasteiger partial charge in [0.25, 0.3) is 0 Å². The zero-order valence-electron chi connectivity index (χ0n) is 14.6. The minimum atomic E-state index is -0.321. The Labute approximate surface area is 151 Å². The van der Waals surface area contributed by atoms with Crippen LogP contribution in [0.1, 0.15) is 23.6 Å². The van der Waals surface area contributed by atoms with E-state index in [4.69, 9.17) is 9.47 Å². The molecule has 2 aromatic carbocycles. The van der Waals surface area contributed by atoms with E-state index in [0.29, 0.717) is 6.61 Å². The summed E-state index contributed by atoms with van der Waals surface area (Å²) < 4.78 is 10.4. The monoisotopic (exact) mass is 351 g/mol. The number of ether oxygens (including phenoxy) is 2. The molecular weight excluding hydrogens is 330 g/mol. The summed E-state index contributed by atoms with van der Waals surface area (Å²) in [6.07, 6.45) is 3.31. The molecule has 1 aromatic heterocycles. The number of fused-ring (bicyclic) bond motifs is 1. The van der Waals surface area contributed by atoms with Crippen molar-refractivity contribution in [3.8, 4) is 0 Å². The first-order valence-electron chi connectivity index (χ1n) is 8.73. The Kier molecular flexibility index (Phi) is 4.58. The summed E-state index contributed by atoms with van der Waals surface area (Å²) in [5.41, 5.74) is 4.91. The zero-order chi connectivity index (χ0) is 17.9. The topological polar surface area (TPSA) is 67.5 Å². The van der Waals surface area contributed by atoms with E-state index < -0.39 is 0 Å². The number of rotatable bonds is 6. The number of carbonyl (C=O) groups is 1. The van der Waals surface area contributed by atoms with Crippen LogP contribution in [0.2, 0.25) is 0 Å². The standard InChI is InChI=1S/C20H21N3O3/c1-25-10-2-3-14-4-6-15(7-5-14)19-12-26-20(24)23(19)16-8-9-17-18(11-16)22-13-21-17/h4-9,11,13,19H,2-3,10,12H2,1H3,(H,21,22). The summed E-state index contributed by atoms with van der Waals surface area (Å²) in [6, 6.07) is 14.0. The predicted molar refractivity (Wildman–Crippen MR) is 99.3 cm³/mol. The lowest BCUT2D eigenvalue weighted by molar-refractivity contribution is 0.179. The number of anilines is 1. The first-order valence-corrected chi connectivity index (χ1v) is 8.73. The molecule has 1 aliphatic heterocycles. The summed E-state index contributed by atoms with van der Waals surface area (Å²) in [5.74, 6) is 0. The highest BCUT2D eigenvalue weighted by Gasteiger charge is 2.35. The van der Waals surface area contributed by atoms with Crippen molar-refractivity contribution >= 4 is 22.8 Å². The maximum absolute atomic E-state index is 12.3. The van der Waals surface area contributed by atoms with E-state index >= 15 is 0 Å². The molecule has 1 saturated heterocycles. The molecule has 0 aliphatic carbocycles. The highest BCUT2D eigenvalue weighted by Crippen LogP contribution is 2.34. The maximum Gasteiger partial charge on any atom is 0.415 e. The van der Waals surface area contributed by atoms with Crippen LogP contribution in [0.25, 0.3) is 11.0 Å². The van der Waals surface area contributed by atoms with Crippen molar-refractivity contribution in [2.24, 2.45) is 0 Å². The molecule has 1 N–H and O–H groups in total. The van der Waals surface area contributed by atoms with E-state index in [1.165, 1.54) is 5.56 Å². The van der Waals surface area contributed by atoms with E-state index in [1.807, 2.05) is 18.2 Å². The number of aryl methyl sites for hydroxylation is 1. The summed E-state index contributed by atoms with van der Waals surface area (Å²) >= 11 is 0. The average molecular weight is 351 g/mol. The van der Waals surface area contributed by atoms with Gasteiger partial charge in [-0.05, 0) is 42.2 Å². The Bertz CT molecular complexity index is 904. The van der Waals surface area contributed by atoms with Crippen molar-refractivity contribution in [2.75, 3.05) is 25.2 Å². The van der Waals surface area contributed by atoms with Gasteiger partial charge >= 0.3 is 6.09 Å². The highest BCUT2D eigenvalue weighted by molar-refractivity contribution is 5.93. The number of hydrogen-bond acceptors (Lipinski definition) is 4. The number of methoxy groups -OCH3 is 1. The summed E-state index contributed by atoms with van der Waals surface area (Å²) in [6.45, 7) is 1.11. The van der Waals surface area contributed by atoms with E-state index in [2.05, 4.69) is 34.2 Å². The predicted octanol–water partition coefficient (Wildman–Crippen LogP) is 3.84. The molecule has 2 heterocycles. The average Bonchev–Trinajstić information content (AvgIpc) is 3.28. The van der Waals surface area contributed by atoms with Crippen LogP contribution in [0.5, 0.6) is 0 Å². The van der Waals surface area contributed by atoms with Crippen molar-refractivity contribution in [1.29, 1.82) is 0 Å². The zero-order valence-corrected chi connectivity index (χ0v) is 14.6. The molecule has 0 spiro atoms. The molecule has 6 heteroatoms. The largest absolute Gasteiger partial charge is 0.447 e. The van der Waals surface area contributed by atoms with Gasteiger partial charge in [-0.3, -0.25) is 4.90 Å². The normalized spacial score (nSPS) is 17.0. The van der Waals surface area contributed by atoms with Gasteiger partial charge in [0, 0.05) is 13.7 Å². The molecule has 1 fully saturated rings. The molecule has 1 aliphatic rings. The second kappa shape index (κ2) is 7.17. The number of nitrogens with zero attached hydrogens (tertiary/aromatic N) is 2. The lowest BCUT2D eigenvalue weighted by Gasteiger charge is -2.22. The van der Waals surface area contributed by atoms with Gasteiger partial charge in [0.15, 0.2) is 0 Å². The Hall–Kier alpha value is -2.86. The smallest absolute Gasteiger partial charge is 0.415 e. The molecule has 3 aromatic rings. The Morgan fingerprint density at radius 1 is 1.27 bits per heavy atom. The minimum absolute atomic E-state index is 0.129. The molecule has 26 heavy (non-hydrogen) atoms. The lowest BCUT2D eigenvalue weighted by atomic mass is 10.0. The molecule has 0 saturated carbocycles. The molecule has 1 unspecified atom stereocenters. The molecule has 1 amide bonds. The molecule has 134 valence electrons. The van der Waals surface area contributed by atoms with Gasteiger partial charge in [-0.25, -0.2) is 9.78 Å². The highest BCUT2D eigenvalue weighted by atomic mass is 16.6. The maximum atomic E-state index is 12.3. The fraction of sp³-hybridized carbons (Fsp3) is 0.300. The summed E-state index contributed by atoms with van der Waals surface area (Å²) in [7, 11) is 1.72. The molecule has 6 nitrogen and oxygen atoms in total. The first kappa shape index (κ1) is 16.6. The van der Waals surface area contributed by atoms with E-state index in [1.54, 1.807) is 18.3 Å². The SMILES string of the molecule is COCCCc1ccc(C2COC(=O)N2c2ccc3nc[nH]c3c2)cc1. The second-order valence-electron chi connectivity index (χ2n) is 6.40. The van der Waals surface area contributed by atoms with Gasteiger partial charge in [-0.2, -0.15) is 0 Å². The van der Waals surface area contributed by atoms with Crippen molar-refractivity contribution in [2.45, 2.75) is 18.9 Å². The third-order valence-electron chi connectivity index (χ3n) is 4.73. The van der Waals surface area contributed by atoms with Crippen LogP contribution in [0.3, 0.4) is 0 Å². The number of cyclic esters (lactones) is 1. The van der Waals surface area contributed by atoms with E-state index in [0.717, 1.165) is 41.7 Å². The number of nitrogens with one attached hydrogen (secondary N) is 1. The quantitative estimate of drug-likeness (QED) is 0.685. The number of hydrogen-bond donors (Lipinski definition) is 1. The fourth-order valence-corrected chi connectivity index (χ4v) is 3.35. The molecule has 4 rings (SSSR count). The van der Waals surface area contributed by atoms with Gasteiger partial charge < -0.3 is 14.5 Å². The number of H-pyrrole nitrogens is 1. The van der Waals surface area contributed by atoms with Crippen LogP contribution in [-0.4, -0.2) is 36.4 Å². The first-order chi connectivity index (χ1) is 12.8. The third kappa shape index (κ3) is 3.15. The van der Waals surface area contributed by atoms with Crippen molar-refractivity contribution < 1.29 is 14.3 Å². The number of carbonyl (C=O) groups excluding carboxylic acids is 1. The fourth-order valence-electron chi connectivity index (χ4n) is 3.35. The van der Waals surface area contributed by atoms with Crippen LogP contribution in [0.4, 0.5) is 10.5 Å². The van der Waals surface area contributed by atoms with Crippen LogP contribution < -0.4 is 4.90 Å². The van der Waals surface area contributed by atoms with E-state index in [9.17, 15) is 4.79 Å². The van der Waals surface area contributed by atoms with Gasteiger partial charge in [0.05, 0.1) is 29.1 Å². The number of aromatic nitrogens is 2. The van der Waals surface area contributed by atoms with Crippen LogP contribution >= 0.6 is 0 Å². The Balaban J connectivity index is 1.57. The van der Waals surface area contributed by atoms with Gasteiger partial charge in [-0.1, -0.05) is 24.3 Å². The van der Waals surface area contributed by atoms with E-state index in [-0.39, 0.29) is 12.1 Å². The number of benzene rings is 2. The van der Waals surface area contributed by atoms with Gasteiger partial charge in [-0.15, -0.1) is 0 Å². The second-order valence-corrected chi connectivity index (χ2v) is 6.40. The minimum Gasteiger partial charge on any atom is -0.447 e. The number of aromatic amines is 1. The van der Waals surface area contributed by atoms with Crippen molar-refractivity contribution in [3.63, 3.8) is 0 Å². The Morgan fingerprint density at radius 2 is 2.12 bits per heavy atom. The summed E-state index contributed by atoms with van der Waals surface area (Å²) in [5, 5.41) is 0. The molecule has 0 radical (unpaired) electrons. The molecule has 0 bridgehead atoms. The van der Waals surface area contributed by atoms with Crippen LogP contribution in [0, 0.1) is 0 Å². The molecular formula is C20H21N3O3. The van der Waals surface area contributed by atoms with Crippen molar-refractivity contribution in [3.05, 3.63) is 59.9 Å². The lowest BCUT2D eigenvalue weighted by Crippen LogP contribution is -2.27.